The van der Waals surface area contributed by atoms with E-state index in [-0.39, 0.29) is 16.2 Å². The van der Waals surface area contributed by atoms with Crippen molar-refractivity contribution in [1.29, 1.82) is 0 Å². The molecule has 2 nitrogen and oxygen atoms in total. The van der Waals surface area contributed by atoms with Crippen molar-refractivity contribution < 1.29 is 4.42 Å². The predicted molar refractivity (Wildman–Crippen MR) is 252 cm³/mol. The molecule has 0 bridgehead atoms. The molecule has 1 aliphatic rings. The van der Waals surface area contributed by atoms with Crippen molar-refractivity contribution in [2.45, 2.75) is 71.6 Å². The summed E-state index contributed by atoms with van der Waals surface area (Å²) in [5.41, 5.74) is 18.1. The molecule has 9 aromatic rings. The molecule has 0 unspecified atom stereocenters. The third-order valence-electron chi connectivity index (χ3n) is 12.7. The standard InChI is InChI=1S/C57H51NO/c1-55(2,3)40-33-48(56(4,5)6)54-49(34-40)57(7,8)47-21-15-20-45(53(47)54)43-18-11-13-22-50(43)58(42-30-31-52-46(35-42)44-19-12-14-23-51(44)59-52)41-28-26-37(27-29-41)39-25-24-36-16-9-10-17-38(36)32-39/h9-35H,1-8H3. The van der Waals surface area contributed by atoms with Gasteiger partial charge in [0.1, 0.15) is 11.2 Å². The molecule has 8 aromatic carbocycles. The number of hydrogen-bond acceptors (Lipinski definition) is 2. The molecule has 1 heterocycles. The minimum Gasteiger partial charge on any atom is -0.456 e. The normalized spacial score (nSPS) is 13.6. The third kappa shape index (κ3) is 6.08. The molecule has 1 aliphatic carbocycles. The molecule has 59 heavy (non-hydrogen) atoms. The lowest BCUT2D eigenvalue weighted by Crippen LogP contribution is -2.21. The minimum atomic E-state index is -0.164. The Morgan fingerprint density at radius 2 is 1.12 bits per heavy atom. The summed E-state index contributed by atoms with van der Waals surface area (Å²) >= 11 is 0. The lowest BCUT2D eigenvalue weighted by Gasteiger charge is -2.31. The highest BCUT2D eigenvalue weighted by Crippen LogP contribution is 2.57. The van der Waals surface area contributed by atoms with E-state index in [0.717, 1.165) is 39.0 Å². The number of furan rings is 1. The molecule has 0 spiro atoms. The second-order valence-electron chi connectivity index (χ2n) is 19.0. The van der Waals surface area contributed by atoms with Crippen LogP contribution < -0.4 is 4.90 Å². The molecular formula is C57H51NO. The maximum atomic E-state index is 6.34. The topological polar surface area (TPSA) is 16.4 Å². The summed E-state index contributed by atoms with van der Waals surface area (Å²) in [5, 5.41) is 4.72. The molecule has 290 valence electrons. The number of rotatable bonds is 5. The highest BCUT2D eigenvalue weighted by atomic mass is 16.3. The molecule has 0 saturated carbocycles. The van der Waals surface area contributed by atoms with Crippen molar-refractivity contribution in [2.24, 2.45) is 0 Å². The van der Waals surface area contributed by atoms with Crippen LogP contribution in [-0.2, 0) is 16.2 Å². The largest absolute Gasteiger partial charge is 0.456 e. The average molecular weight is 766 g/mol. The van der Waals surface area contributed by atoms with Crippen molar-refractivity contribution in [2.75, 3.05) is 4.90 Å². The smallest absolute Gasteiger partial charge is 0.135 e. The fourth-order valence-electron chi connectivity index (χ4n) is 9.49. The lowest BCUT2D eigenvalue weighted by atomic mass is 9.74. The average Bonchev–Trinajstić information content (AvgIpc) is 3.71. The number of benzene rings is 8. The van der Waals surface area contributed by atoms with E-state index in [2.05, 4.69) is 218 Å². The van der Waals surface area contributed by atoms with E-state index in [0.29, 0.717) is 0 Å². The molecule has 0 amide bonds. The van der Waals surface area contributed by atoms with Gasteiger partial charge in [0.15, 0.2) is 0 Å². The summed E-state index contributed by atoms with van der Waals surface area (Å²) in [5.74, 6) is 0. The summed E-state index contributed by atoms with van der Waals surface area (Å²) in [6.07, 6.45) is 0. The number of nitrogens with zero attached hydrogens (tertiary/aromatic N) is 1. The molecule has 2 heteroatoms. The highest BCUT2D eigenvalue weighted by Gasteiger charge is 2.41. The zero-order valence-corrected chi connectivity index (χ0v) is 35.4. The highest BCUT2D eigenvalue weighted by molar-refractivity contribution is 6.07. The van der Waals surface area contributed by atoms with Crippen LogP contribution in [0.15, 0.2) is 168 Å². The first-order valence-corrected chi connectivity index (χ1v) is 21.0. The molecule has 0 fully saturated rings. The van der Waals surface area contributed by atoms with Gasteiger partial charge in [-0.25, -0.2) is 0 Å². The Balaban J connectivity index is 1.20. The third-order valence-corrected chi connectivity index (χ3v) is 12.7. The van der Waals surface area contributed by atoms with Gasteiger partial charge in [-0.3, -0.25) is 0 Å². The van der Waals surface area contributed by atoms with E-state index in [1.165, 1.54) is 66.4 Å². The van der Waals surface area contributed by atoms with Crippen LogP contribution in [0.3, 0.4) is 0 Å². The SMILES string of the molecule is CC(C)(C)c1cc(C(C)(C)C)c2c(c1)C(C)(C)c1cccc(-c3ccccc3N(c3ccc(-c4ccc5ccccc5c4)cc3)c3ccc4oc5ccccc5c4c3)c1-2. The van der Waals surface area contributed by atoms with E-state index in [4.69, 9.17) is 4.42 Å². The van der Waals surface area contributed by atoms with Gasteiger partial charge in [0, 0.05) is 33.1 Å². The van der Waals surface area contributed by atoms with Gasteiger partial charge in [0.05, 0.1) is 5.69 Å². The van der Waals surface area contributed by atoms with Gasteiger partial charge >= 0.3 is 0 Å². The van der Waals surface area contributed by atoms with Gasteiger partial charge in [0.25, 0.3) is 0 Å². The van der Waals surface area contributed by atoms with Crippen LogP contribution >= 0.6 is 0 Å². The van der Waals surface area contributed by atoms with Crippen LogP contribution in [-0.4, -0.2) is 0 Å². The summed E-state index contributed by atoms with van der Waals surface area (Å²) in [7, 11) is 0. The summed E-state index contributed by atoms with van der Waals surface area (Å²) in [6.45, 7) is 19.0. The van der Waals surface area contributed by atoms with Gasteiger partial charge in [0.2, 0.25) is 0 Å². The Labute approximate surface area is 348 Å². The predicted octanol–water partition coefficient (Wildman–Crippen LogP) is 16.4. The van der Waals surface area contributed by atoms with Crippen molar-refractivity contribution in [3.8, 4) is 33.4 Å². The van der Waals surface area contributed by atoms with E-state index < -0.39 is 0 Å². The van der Waals surface area contributed by atoms with E-state index in [1.54, 1.807) is 0 Å². The Morgan fingerprint density at radius 1 is 0.458 bits per heavy atom. The first kappa shape index (κ1) is 36.9. The zero-order valence-electron chi connectivity index (χ0n) is 35.4. The number of anilines is 3. The summed E-state index contributed by atoms with van der Waals surface area (Å²) in [4.78, 5) is 2.44. The van der Waals surface area contributed by atoms with Crippen molar-refractivity contribution >= 4 is 49.8 Å². The van der Waals surface area contributed by atoms with Crippen molar-refractivity contribution in [3.63, 3.8) is 0 Å². The lowest BCUT2D eigenvalue weighted by molar-refractivity contribution is 0.564. The van der Waals surface area contributed by atoms with Crippen LogP contribution in [0.2, 0.25) is 0 Å². The molecular weight excluding hydrogens is 715 g/mol. The quantitative estimate of drug-likeness (QED) is 0.173. The van der Waals surface area contributed by atoms with Gasteiger partial charge < -0.3 is 9.32 Å². The number of fused-ring (bicyclic) bond motifs is 7. The molecule has 0 saturated heterocycles. The van der Waals surface area contributed by atoms with Crippen LogP contribution in [0.5, 0.6) is 0 Å². The van der Waals surface area contributed by atoms with Gasteiger partial charge in [-0.05, 0) is 120 Å². The van der Waals surface area contributed by atoms with Gasteiger partial charge in [-0.1, -0.05) is 171 Å². The second-order valence-corrected chi connectivity index (χ2v) is 19.0. The molecule has 10 rings (SSSR count). The zero-order chi connectivity index (χ0) is 40.8. The van der Waals surface area contributed by atoms with E-state index in [9.17, 15) is 0 Å². The second kappa shape index (κ2) is 13.3. The Bertz CT molecular complexity index is 3090. The van der Waals surface area contributed by atoms with E-state index in [1.807, 2.05) is 6.07 Å². The first-order valence-electron chi connectivity index (χ1n) is 21.0. The Morgan fingerprint density at radius 3 is 1.90 bits per heavy atom. The molecule has 0 radical (unpaired) electrons. The Kier molecular flexibility index (Phi) is 8.34. The number of para-hydroxylation sites is 2. The maximum Gasteiger partial charge on any atom is 0.135 e. The fraction of sp³-hybridized carbons (Fsp3) is 0.193. The molecule has 0 aliphatic heterocycles. The molecule has 0 N–H and O–H groups in total. The number of hydrogen-bond donors (Lipinski definition) is 0. The first-order chi connectivity index (χ1) is 28.3. The maximum absolute atomic E-state index is 6.34. The van der Waals surface area contributed by atoms with Gasteiger partial charge in [-0.15, -0.1) is 0 Å². The van der Waals surface area contributed by atoms with Gasteiger partial charge in [-0.2, -0.15) is 0 Å². The van der Waals surface area contributed by atoms with Crippen LogP contribution in [0.25, 0.3) is 66.1 Å². The summed E-state index contributed by atoms with van der Waals surface area (Å²) in [6, 6.07) is 60.4. The summed E-state index contributed by atoms with van der Waals surface area (Å²) < 4.78 is 6.34. The van der Waals surface area contributed by atoms with E-state index >= 15 is 0 Å². The van der Waals surface area contributed by atoms with Crippen LogP contribution in [0.1, 0.15) is 77.6 Å². The van der Waals surface area contributed by atoms with Crippen molar-refractivity contribution in [3.05, 3.63) is 186 Å². The van der Waals surface area contributed by atoms with Crippen LogP contribution in [0.4, 0.5) is 17.1 Å². The minimum absolute atomic E-state index is 0.0288. The fourth-order valence-corrected chi connectivity index (χ4v) is 9.49. The van der Waals surface area contributed by atoms with Crippen molar-refractivity contribution in [1.82, 2.24) is 0 Å². The molecule has 0 atom stereocenters. The van der Waals surface area contributed by atoms with Crippen LogP contribution in [0, 0.1) is 0 Å². The monoisotopic (exact) mass is 765 g/mol. The Hall–Kier alpha value is -6.38. The molecule has 1 aromatic heterocycles.